The number of hydrogen-bond donors (Lipinski definition) is 0. The third-order valence-electron chi connectivity index (χ3n) is 4.90. The molecule has 25 heavy (non-hydrogen) atoms. The molecule has 3 rings (SSSR count). The molecule has 0 spiro atoms. The first-order chi connectivity index (χ1) is 12.1. The molecule has 1 unspecified atom stereocenters. The van der Waals surface area contributed by atoms with Gasteiger partial charge >= 0.3 is 5.97 Å². The van der Waals surface area contributed by atoms with Crippen molar-refractivity contribution in [2.24, 2.45) is 0 Å². The Kier molecular flexibility index (Phi) is 4.88. The number of esters is 1. The number of Topliss-reactive ketones (excluding diaryl/α,β-unsaturated/α-hetero) is 1. The average molecular weight is 338 g/mol. The standard InChI is InChI=1S/C21H22O4/c1-3-14-25-20(23)21(13-7-6-10-18(21)22)19-16-9-5-4-8-15(16)11-12-17(19)24-2/h3-5,8-9,11-12H,1,6-7,10,13-14H2,2H3. The molecule has 0 saturated heterocycles. The van der Waals surface area contributed by atoms with Crippen LogP contribution in [-0.2, 0) is 19.7 Å². The van der Waals surface area contributed by atoms with Crippen LogP contribution in [-0.4, -0.2) is 25.5 Å². The highest BCUT2D eigenvalue weighted by atomic mass is 16.5. The molecule has 0 aromatic heterocycles. The van der Waals surface area contributed by atoms with Gasteiger partial charge < -0.3 is 9.47 Å². The first-order valence-corrected chi connectivity index (χ1v) is 8.53. The zero-order valence-corrected chi connectivity index (χ0v) is 14.4. The van der Waals surface area contributed by atoms with Crippen LogP contribution in [0.2, 0.25) is 0 Å². The van der Waals surface area contributed by atoms with Crippen molar-refractivity contribution < 1.29 is 19.1 Å². The van der Waals surface area contributed by atoms with E-state index in [2.05, 4.69) is 6.58 Å². The van der Waals surface area contributed by atoms with E-state index in [-0.39, 0.29) is 12.4 Å². The van der Waals surface area contributed by atoms with E-state index in [4.69, 9.17) is 9.47 Å². The predicted molar refractivity (Wildman–Crippen MR) is 96.8 cm³/mol. The van der Waals surface area contributed by atoms with Gasteiger partial charge in [-0.3, -0.25) is 9.59 Å². The van der Waals surface area contributed by atoms with Gasteiger partial charge in [0.1, 0.15) is 12.4 Å². The molecular formula is C21H22O4. The Hall–Kier alpha value is -2.62. The summed E-state index contributed by atoms with van der Waals surface area (Å²) in [4.78, 5) is 26.1. The lowest BCUT2D eigenvalue weighted by Crippen LogP contribution is -2.47. The van der Waals surface area contributed by atoms with Crippen LogP contribution in [0.25, 0.3) is 10.8 Å². The first-order valence-electron chi connectivity index (χ1n) is 8.53. The third-order valence-corrected chi connectivity index (χ3v) is 4.90. The summed E-state index contributed by atoms with van der Waals surface area (Å²) in [6.45, 7) is 3.67. The van der Waals surface area contributed by atoms with Crippen LogP contribution in [0.4, 0.5) is 0 Å². The molecule has 4 heteroatoms. The van der Waals surface area contributed by atoms with Gasteiger partial charge in [-0.15, -0.1) is 0 Å². The van der Waals surface area contributed by atoms with Gasteiger partial charge in [0.2, 0.25) is 0 Å². The highest BCUT2D eigenvalue weighted by Gasteiger charge is 2.51. The average Bonchev–Trinajstić information content (AvgIpc) is 2.65. The largest absolute Gasteiger partial charge is 0.496 e. The van der Waals surface area contributed by atoms with Crippen LogP contribution in [0.15, 0.2) is 49.1 Å². The Balaban J connectivity index is 2.30. The summed E-state index contributed by atoms with van der Waals surface area (Å²) in [6, 6.07) is 11.5. The Morgan fingerprint density at radius 3 is 2.76 bits per heavy atom. The molecule has 0 N–H and O–H groups in total. The molecule has 0 aliphatic heterocycles. The molecule has 0 bridgehead atoms. The Labute approximate surface area is 147 Å². The number of benzene rings is 2. The van der Waals surface area contributed by atoms with Gasteiger partial charge in [0.15, 0.2) is 11.2 Å². The quantitative estimate of drug-likeness (QED) is 0.470. The molecule has 130 valence electrons. The second kappa shape index (κ2) is 7.09. The molecule has 0 radical (unpaired) electrons. The molecule has 1 aliphatic carbocycles. The molecule has 2 aromatic rings. The van der Waals surface area contributed by atoms with Crippen molar-refractivity contribution in [3.63, 3.8) is 0 Å². The zero-order valence-electron chi connectivity index (χ0n) is 14.4. The van der Waals surface area contributed by atoms with Crippen LogP contribution >= 0.6 is 0 Å². The number of fused-ring (bicyclic) bond motifs is 1. The van der Waals surface area contributed by atoms with E-state index in [9.17, 15) is 9.59 Å². The smallest absolute Gasteiger partial charge is 0.324 e. The number of ketones is 1. The van der Waals surface area contributed by atoms with E-state index < -0.39 is 11.4 Å². The van der Waals surface area contributed by atoms with E-state index in [0.29, 0.717) is 24.2 Å². The molecule has 0 heterocycles. The number of methoxy groups -OCH3 is 1. The minimum atomic E-state index is -1.31. The Morgan fingerprint density at radius 1 is 1.24 bits per heavy atom. The number of carbonyl (C=O) groups is 2. The van der Waals surface area contributed by atoms with Crippen molar-refractivity contribution in [1.82, 2.24) is 0 Å². The predicted octanol–water partition coefficient (Wildman–Crippen LogP) is 3.96. The zero-order chi connectivity index (χ0) is 17.9. The molecule has 1 fully saturated rings. The lowest BCUT2D eigenvalue weighted by atomic mass is 9.67. The van der Waals surface area contributed by atoms with Crippen molar-refractivity contribution in [3.05, 3.63) is 54.6 Å². The third kappa shape index (κ3) is 2.82. The van der Waals surface area contributed by atoms with Gasteiger partial charge in [0, 0.05) is 12.0 Å². The van der Waals surface area contributed by atoms with E-state index in [1.54, 1.807) is 7.11 Å². The summed E-state index contributed by atoms with van der Waals surface area (Å²) in [7, 11) is 1.56. The van der Waals surface area contributed by atoms with Crippen LogP contribution in [0.1, 0.15) is 31.2 Å². The van der Waals surface area contributed by atoms with Gasteiger partial charge in [0.25, 0.3) is 0 Å². The van der Waals surface area contributed by atoms with Gasteiger partial charge in [-0.1, -0.05) is 49.4 Å². The maximum Gasteiger partial charge on any atom is 0.324 e. The van der Waals surface area contributed by atoms with Crippen LogP contribution in [0.5, 0.6) is 5.75 Å². The number of rotatable bonds is 5. The van der Waals surface area contributed by atoms with Crippen LogP contribution in [0, 0.1) is 0 Å². The maximum atomic E-state index is 13.1. The first kappa shape index (κ1) is 17.2. The minimum Gasteiger partial charge on any atom is -0.496 e. The molecule has 1 aliphatic rings. The summed E-state index contributed by atoms with van der Waals surface area (Å²) in [5.41, 5.74) is -0.681. The second-order valence-corrected chi connectivity index (χ2v) is 6.29. The van der Waals surface area contributed by atoms with Gasteiger partial charge in [-0.05, 0) is 29.7 Å². The molecule has 4 nitrogen and oxygen atoms in total. The van der Waals surface area contributed by atoms with Crippen molar-refractivity contribution >= 4 is 22.5 Å². The van der Waals surface area contributed by atoms with E-state index in [1.807, 2.05) is 36.4 Å². The van der Waals surface area contributed by atoms with Gasteiger partial charge in [-0.2, -0.15) is 0 Å². The van der Waals surface area contributed by atoms with Gasteiger partial charge in [0.05, 0.1) is 7.11 Å². The molecule has 1 atom stereocenters. The summed E-state index contributed by atoms with van der Waals surface area (Å²) in [6.07, 6.45) is 3.91. The normalized spacial score (nSPS) is 20.3. The van der Waals surface area contributed by atoms with Crippen molar-refractivity contribution in [1.29, 1.82) is 0 Å². The monoisotopic (exact) mass is 338 g/mol. The van der Waals surface area contributed by atoms with Crippen molar-refractivity contribution in [2.45, 2.75) is 31.1 Å². The number of hydrogen-bond acceptors (Lipinski definition) is 4. The lowest BCUT2D eigenvalue weighted by Gasteiger charge is -2.35. The fourth-order valence-corrected chi connectivity index (χ4v) is 3.73. The van der Waals surface area contributed by atoms with E-state index in [0.717, 1.165) is 23.6 Å². The van der Waals surface area contributed by atoms with E-state index >= 15 is 0 Å². The fraction of sp³-hybridized carbons (Fsp3) is 0.333. The SMILES string of the molecule is C=CCOC(=O)C1(c2c(OC)ccc3ccccc23)CCCCC1=O. The lowest BCUT2D eigenvalue weighted by molar-refractivity contribution is -0.155. The fourth-order valence-electron chi connectivity index (χ4n) is 3.73. The Bertz CT molecular complexity index is 824. The number of ether oxygens (including phenoxy) is 2. The summed E-state index contributed by atoms with van der Waals surface area (Å²) in [5, 5.41) is 1.82. The van der Waals surface area contributed by atoms with Gasteiger partial charge in [-0.25, -0.2) is 0 Å². The summed E-state index contributed by atoms with van der Waals surface area (Å²) in [5.74, 6) is -0.0567. The number of carbonyl (C=O) groups excluding carboxylic acids is 2. The molecular weight excluding hydrogens is 316 g/mol. The topological polar surface area (TPSA) is 52.6 Å². The van der Waals surface area contributed by atoms with Crippen molar-refractivity contribution in [2.75, 3.05) is 13.7 Å². The molecule has 2 aromatic carbocycles. The molecule has 0 amide bonds. The van der Waals surface area contributed by atoms with E-state index in [1.165, 1.54) is 6.08 Å². The maximum absolute atomic E-state index is 13.1. The second-order valence-electron chi connectivity index (χ2n) is 6.29. The highest BCUT2D eigenvalue weighted by Crippen LogP contribution is 2.45. The summed E-state index contributed by atoms with van der Waals surface area (Å²) >= 11 is 0. The Morgan fingerprint density at radius 2 is 2.04 bits per heavy atom. The van der Waals surface area contributed by atoms with Crippen LogP contribution < -0.4 is 4.74 Å². The van der Waals surface area contributed by atoms with Crippen molar-refractivity contribution in [3.8, 4) is 5.75 Å². The highest BCUT2D eigenvalue weighted by molar-refractivity contribution is 6.13. The summed E-state index contributed by atoms with van der Waals surface area (Å²) < 4.78 is 10.9. The van der Waals surface area contributed by atoms with Crippen LogP contribution in [0.3, 0.4) is 0 Å². The minimum absolute atomic E-state index is 0.0843. The molecule has 1 saturated carbocycles.